The van der Waals surface area contributed by atoms with Crippen molar-refractivity contribution in [3.05, 3.63) is 30.1 Å². The van der Waals surface area contributed by atoms with E-state index in [1.807, 2.05) is 4.90 Å². The van der Waals surface area contributed by atoms with Crippen molar-refractivity contribution < 1.29 is 9.53 Å². The topological polar surface area (TPSA) is 42.4 Å². The van der Waals surface area contributed by atoms with Crippen LogP contribution in [0.2, 0.25) is 0 Å². The molecule has 0 bridgehead atoms. The lowest BCUT2D eigenvalue weighted by molar-refractivity contribution is 0.0484. The van der Waals surface area contributed by atoms with E-state index >= 15 is 0 Å². The number of pyridine rings is 1. The summed E-state index contributed by atoms with van der Waals surface area (Å²) in [6, 6.07) is 3.52. The fraction of sp³-hybridized carbons (Fsp3) is 0.600. The Labute approximate surface area is 114 Å². The molecule has 2 rings (SSSR count). The zero-order valence-corrected chi connectivity index (χ0v) is 11.7. The number of carbonyl (C=O) groups is 1. The zero-order valence-electron chi connectivity index (χ0n) is 11.7. The SMILES string of the molecule is CC(C)CCO[C@@H]1CCN(C(=O)c2ccncc2)C1. The second-order valence-electron chi connectivity index (χ2n) is 5.45. The van der Waals surface area contributed by atoms with E-state index in [-0.39, 0.29) is 12.0 Å². The molecule has 1 fully saturated rings. The molecule has 1 saturated heterocycles. The fourth-order valence-electron chi connectivity index (χ4n) is 2.20. The Morgan fingerprint density at radius 3 is 2.89 bits per heavy atom. The molecule has 0 aliphatic carbocycles. The smallest absolute Gasteiger partial charge is 0.254 e. The lowest BCUT2D eigenvalue weighted by Gasteiger charge is -2.17. The molecular formula is C15H22N2O2. The van der Waals surface area contributed by atoms with Crippen LogP contribution in [0.4, 0.5) is 0 Å². The van der Waals surface area contributed by atoms with Crippen LogP contribution in [0.3, 0.4) is 0 Å². The minimum absolute atomic E-state index is 0.0809. The quantitative estimate of drug-likeness (QED) is 0.818. The molecule has 0 unspecified atom stereocenters. The molecule has 4 nitrogen and oxygen atoms in total. The van der Waals surface area contributed by atoms with E-state index in [9.17, 15) is 4.79 Å². The summed E-state index contributed by atoms with van der Waals surface area (Å²) >= 11 is 0. The van der Waals surface area contributed by atoms with Gasteiger partial charge in [-0.2, -0.15) is 0 Å². The molecule has 1 aromatic heterocycles. The van der Waals surface area contributed by atoms with Gasteiger partial charge in [0.15, 0.2) is 0 Å². The maximum Gasteiger partial charge on any atom is 0.254 e. The van der Waals surface area contributed by atoms with Crippen molar-refractivity contribution in [2.24, 2.45) is 5.92 Å². The molecule has 0 saturated carbocycles. The van der Waals surface area contributed by atoms with Crippen molar-refractivity contribution in [2.75, 3.05) is 19.7 Å². The molecule has 19 heavy (non-hydrogen) atoms. The van der Waals surface area contributed by atoms with E-state index in [1.165, 1.54) is 0 Å². The van der Waals surface area contributed by atoms with Gasteiger partial charge in [0, 0.05) is 37.7 Å². The van der Waals surface area contributed by atoms with Gasteiger partial charge in [-0.25, -0.2) is 0 Å². The van der Waals surface area contributed by atoms with E-state index < -0.39 is 0 Å². The van der Waals surface area contributed by atoms with Crippen LogP contribution in [-0.2, 0) is 4.74 Å². The average Bonchev–Trinajstić information content (AvgIpc) is 2.87. The molecule has 0 N–H and O–H groups in total. The van der Waals surface area contributed by atoms with Gasteiger partial charge in [-0.05, 0) is 30.9 Å². The molecule has 0 spiro atoms. The Balaban J connectivity index is 1.80. The Hall–Kier alpha value is -1.42. The first-order valence-corrected chi connectivity index (χ1v) is 6.97. The summed E-state index contributed by atoms with van der Waals surface area (Å²) in [6.45, 7) is 6.67. The molecular weight excluding hydrogens is 240 g/mol. The molecule has 4 heteroatoms. The van der Waals surface area contributed by atoms with Crippen LogP contribution < -0.4 is 0 Å². The fourth-order valence-corrected chi connectivity index (χ4v) is 2.20. The van der Waals surface area contributed by atoms with Crippen LogP contribution in [0.5, 0.6) is 0 Å². The average molecular weight is 262 g/mol. The van der Waals surface area contributed by atoms with Crippen molar-refractivity contribution in [1.29, 1.82) is 0 Å². The van der Waals surface area contributed by atoms with Crippen LogP contribution >= 0.6 is 0 Å². The first kappa shape index (κ1) is 14.0. The van der Waals surface area contributed by atoms with Gasteiger partial charge in [0.25, 0.3) is 5.91 Å². The summed E-state index contributed by atoms with van der Waals surface area (Å²) in [5.74, 6) is 0.744. The summed E-state index contributed by atoms with van der Waals surface area (Å²) in [6.07, 6.45) is 5.52. The Morgan fingerprint density at radius 2 is 2.21 bits per heavy atom. The van der Waals surface area contributed by atoms with Gasteiger partial charge in [-0.15, -0.1) is 0 Å². The minimum atomic E-state index is 0.0809. The van der Waals surface area contributed by atoms with Gasteiger partial charge in [0.05, 0.1) is 6.10 Å². The van der Waals surface area contributed by atoms with Crippen molar-refractivity contribution >= 4 is 5.91 Å². The molecule has 0 aromatic carbocycles. The van der Waals surface area contributed by atoms with Crippen LogP contribution in [-0.4, -0.2) is 41.6 Å². The maximum atomic E-state index is 12.2. The molecule has 104 valence electrons. The lowest BCUT2D eigenvalue weighted by atomic mass is 10.1. The number of hydrogen-bond acceptors (Lipinski definition) is 3. The van der Waals surface area contributed by atoms with Crippen molar-refractivity contribution in [1.82, 2.24) is 9.88 Å². The number of likely N-dealkylation sites (tertiary alicyclic amines) is 1. The van der Waals surface area contributed by atoms with Gasteiger partial charge in [-0.3, -0.25) is 9.78 Å². The highest BCUT2D eigenvalue weighted by Crippen LogP contribution is 2.16. The normalized spacial score (nSPS) is 19.1. The third kappa shape index (κ3) is 4.03. The third-order valence-corrected chi connectivity index (χ3v) is 3.41. The predicted octanol–water partition coefficient (Wildman–Crippen LogP) is 2.36. The summed E-state index contributed by atoms with van der Waals surface area (Å²) in [7, 11) is 0. The number of aromatic nitrogens is 1. The van der Waals surface area contributed by atoms with E-state index in [1.54, 1.807) is 24.5 Å². The Morgan fingerprint density at radius 1 is 1.47 bits per heavy atom. The number of ether oxygens (including phenoxy) is 1. The summed E-state index contributed by atoms with van der Waals surface area (Å²) in [4.78, 5) is 18.0. The highest BCUT2D eigenvalue weighted by Gasteiger charge is 2.27. The molecule has 1 amide bonds. The predicted molar refractivity (Wildman–Crippen MR) is 74.0 cm³/mol. The van der Waals surface area contributed by atoms with Crippen molar-refractivity contribution in [3.63, 3.8) is 0 Å². The highest BCUT2D eigenvalue weighted by molar-refractivity contribution is 5.94. The third-order valence-electron chi connectivity index (χ3n) is 3.41. The molecule has 2 heterocycles. The highest BCUT2D eigenvalue weighted by atomic mass is 16.5. The Bertz CT molecular complexity index is 406. The number of rotatable bonds is 5. The minimum Gasteiger partial charge on any atom is -0.376 e. The monoisotopic (exact) mass is 262 g/mol. The first-order valence-electron chi connectivity index (χ1n) is 6.97. The maximum absolute atomic E-state index is 12.2. The van der Waals surface area contributed by atoms with Gasteiger partial charge >= 0.3 is 0 Å². The largest absolute Gasteiger partial charge is 0.376 e. The molecule has 1 aliphatic heterocycles. The number of nitrogens with zero attached hydrogens (tertiary/aromatic N) is 2. The molecule has 0 radical (unpaired) electrons. The lowest BCUT2D eigenvalue weighted by Crippen LogP contribution is -2.30. The number of carbonyl (C=O) groups excluding carboxylic acids is 1. The van der Waals surface area contributed by atoms with Crippen LogP contribution in [0.25, 0.3) is 0 Å². The van der Waals surface area contributed by atoms with Gasteiger partial charge < -0.3 is 9.64 Å². The second kappa shape index (κ2) is 6.66. The van der Waals surface area contributed by atoms with Gasteiger partial charge in [0.2, 0.25) is 0 Å². The Kier molecular flexibility index (Phi) is 4.91. The summed E-state index contributed by atoms with van der Waals surface area (Å²) in [5, 5.41) is 0. The van der Waals surface area contributed by atoms with Crippen molar-refractivity contribution in [2.45, 2.75) is 32.8 Å². The van der Waals surface area contributed by atoms with Gasteiger partial charge in [-0.1, -0.05) is 13.8 Å². The second-order valence-corrected chi connectivity index (χ2v) is 5.45. The van der Waals surface area contributed by atoms with Crippen LogP contribution in [0.1, 0.15) is 37.0 Å². The number of amides is 1. The molecule has 1 aromatic rings. The molecule has 1 aliphatic rings. The van der Waals surface area contributed by atoms with Crippen molar-refractivity contribution in [3.8, 4) is 0 Å². The number of hydrogen-bond donors (Lipinski definition) is 0. The standard InChI is InChI=1S/C15H22N2O2/c1-12(2)6-10-19-14-5-9-17(11-14)15(18)13-3-7-16-8-4-13/h3-4,7-8,12,14H,5-6,9-11H2,1-2H3/t14-/m1/s1. The van der Waals surface area contributed by atoms with E-state index in [4.69, 9.17) is 4.74 Å². The first-order chi connectivity index (χ1) is 9.16. The molecule has 1 atom stereocenters. The van der Waals surface area contributed by atoms with E-state index in [2.05, 4.69) is 18.8 Å². The zero-order chi connectivity index (χ0) is 13.7. The van der Waals surface area contributed by atoms with E-state index in [0.717, 1.165) is 26.0 Å². The van der Waals surface area contributed by atoms with E-state index in [0.29, 0.717) is 18.0 Å². The van der Waals surface area contributed by atoms with Gasteiger partial charge in [0.1, 0.15) is 0 Å². The summed E-state index contributed by atoms with van der Waals surface area (Å²) < 4.78 is 5.82. The summed E-state index contributed by atoms with van der Waals surface area (Å²) in [5.41, 5.74) is 0.706. The van der Waals surface area contributed by atoms with Crippen LogP contribution in [0, 0.1) is 5.92 Å². The van der Waals surface area contributed by atoms with Crippen LogP contribution in [0.15, 0.2) is 24.5 Å².